The fourth-order valence-electron chi connectivity index (χ4n) is 2.34. The van der Waals surface area contributed by atoms with Crippen molar-refractivity contribution in [3.05, 3.63) is 36.0 Å². The molecule has 3 nitrogen and oxygen atoms in total. The Labute approximate surface area is 114 Å². The van der Waals surface area contributed by atoms with Gasteiger partial charge < -0.3 is 10.3 Å². The first kappa shape index (κ1) is 13.8. The van der Waals surface area contributed by atoms with Gasteiger partial charge in [0, 0.05) is 22.6 Å². The lowest BCUT2D eigenvalue weighted by molar-refractivity contribution is -0.119. The van der Waals surface area contributed by atoms with Crippen molar-refractivity contribution in [3.8, 4) is 0 Å². The van der Waals surface area contributed by atoms with E-state index in [1.54, 1.807) is 6.92 Å². The molecule has 2 rings (SSSR count). The number of benzene rings is 1. The summed E-state index contributed by atoms with van der Waals surface area (Å²) in [6, 6.07) is 8.05. The first-order chi connectivity index (χ1) is 8.87. The second kappa shape index (κ2) is 5.17. The van der Waals surface area contributed by atoms with Gasteiger partial charge in [0.05, 0.1) is 6.04 Å². The molecular formula is C16H22N2O. The van der Waals surface area contributed by atoms with E-state index in [9.17, 15) is 4.79 Å². The topological polar surface area (TPSA) is 44.9 Å². The molecule has 0 spiro atoms. The molecule has 0 radical (unpaired) electrons. The first-order valence-corrected chi connectivity index (χ1v) is 6.70. The molecule has 0 saturated heterocycles. The first-order valence-electron chi connectivity index (χ1n) is 6.70. The third kappa shape index (κ3) is 3.44. The lowest BCUT2D eigenvalue weighted by Crippen LogP contribution is -2.48. The summed E-state index contributed by atoms with van der Waals surface area (Å²) in [6.45, 7) is 7.90. The zero-order valence-corrected chi connectivity index (χ0v) is 12.1. The monoisotopic (exact) mass is 258 g/mol. The predicted molar refractivity (Wildman–Crippen MR) is 79.4 cm³/mol. The summed E-state index contributed by atoms with van der Waals surface area (Å²) in [7, 11) is 0. The average Bonchev–Trinajstić information content (AvgIpc) is 2.70. The third-order valence-corrected chi connectivity index (χ3v) is 3.20. The zero-order valence-electron chi connectivity index (χ0n) is 12.1. The van der Waals surface area contributed by atoms with Crippen molar-refractivity contribution < 1.29 is 4.79 Å². The second-order valence-corrected chi connectivity index (χ2v) is 6.12. The highest BCUT2D eigenvalue weighted by molar-refractivity contribution is 5.86. The van der Waals surface area contributed by atoms with E-state index in [1.807, 2.05) is 18.3 Å². The summed E-state index contributed by atoms with van der Waals surface area (Å²) in [6.07, 6.45) is 2.72. The maximum Gasteiger partial charge on any atom is 0.147 e. The van der Waals surface area contributed by atoms with Crippen LogP contribution in [-0.2, 0) is 11.2 Å². The smallest absolute Gasteiger partial charge is 0.147 e. The highest BCUT2D eigenvalue weighted by Crippen LogP contribution is 2.20. The van der Waals surface area contributed by atoms with E-state index in [4.69, 9.17) is 0 Å². The standard InChI is InChI=1S/C16H22N2O/c1-11(19)15(18-16(2,3)4)9-12-10-17-14-8-6-5-7-13(12)14/h5-8,10,15,17-18H,9H2,1-4H3/t15-/m0/s1. The molecule has 102 valence electrons. The van der Waals surface area contributed by atoms with E-state index in [0.29, 0.717) is 0 Å². The van der Waals surface area contributed by atoms with Gasteiger partial charge in [0.25, 0.3) is 0 Å². The Kier molecular flexibility index (Phi) is 3.76. The van der Waals surface area contributed by atoms with Gasteiger partial charge in [-0.05, 0) is 45.7 Å². The normalized spacial score (nSPS) is 13.7. The lowest BCUT2D eigenvalue weighted by atomic mass is 9.99. The minimum Gasteiger partial charge on any atom is -0.361 e. The van der Waals surface area contributed by atoms with Crippen molar-refractivity contribution in [1.82, 2.24) is 10.3 Å². The number of nitrogens with one attached hydrogen (secondary N) is 2. The van der Waals surface area contributed by atoms with Crippen LogP contribution in [0.4, 0.5) is 0 Å². The maximum absolute atomic E-state index is 11.8. The molecule has 3 heteroatoms. The molecule has 0 saturated carbocycles. The summed E-state index contributed by atoms with van der Waals surface area (Å²) in [4.78, 5) is 15.1. The molecule has 0 aliphatic carbocycles. The molecule has 1 aromatic carbocycles. The molecule has 1 aromatic heterocycles. The molecule has 1 atom stereocenters. The Balaban J connectivity index is 2.24. The van der Waals surface area contributed by atoms with Crippen LogP contribution in [0.2, 0.25) is 0 Å². The summed E-state index contributed by atoms with van der Waals surface area (Å²) < 4.78 is 0. The zero-order chi connectivity index (χ0) is 14.0. The summed E-state index contributed by atoms with van der Waals surface area (Å²) >= 11 is 0. The summed E-state index contributed by atoms with van der Waals surface area (Å²) in [5.41, 5.74) is 2.24. The number of hydrogen-bond donors (Lipinski definition) is 2. The molecule has 2 N–H and O–H groups in total. The van der Waals surface area contributed by atoms with Crippen LogP contribution in [0, 0.1) is 0 Å². The molecule has 2 aromatic rings. The van der Waals surface area contributed by atoms with E-state index in [2.05, 4.69) is 43.2 Å². The lowest BCUT2D eigenvalue weighted by Gasteiger charge is -2.27. The molecule has 19 heavy (non-hydrogen) atoms. The highest BCUT2D eigenvalue weighted by atomic mass is 16.1. The van der Waals surface area contributed by atoms with Gasteiger partial charge in [-0.1, -0.05) is 18.2 Å². The molecular weight excluding hydrogens is 236 g/mol. The molecule has 0 fully saturated rings. The number of fused-ring (bicyclic) bond motifs is 1. The quantitative estimate of drug-likeness (QED) is 0.885. The van der Waals surface area contributed by atoms with Crippen molar-refractivity contribution >= 4 is 16.7 Å². The van der Waals surface area contributed by atoms with Crippen LogP contribution in [-0.4, -0.2) is 22.3 Å². The number of carbonyl (C=O) groups excluding carboxylic acids is 1. The van der Waals surface area contributed by atoms with Gasteiger partial charge in [0.1, 0.15) is 5.78 Å². The van der Waals surface area contributed by atoms with Crippen molar-refractivity contribution in [2.24, 2.45) is 0 Å². The van der Waals surface area contributed by atoms with Gasteiger partial charge in [-0.2, -0.15) is 0 Å². The molecule has 0 bridgehead atoms. The molecule has 1 heterocycles. The van der Waals surface area contributed by atoms with Gasteiger partial charge in [-0.25, -0.2) is 0 Å². The minimum atomic E-state index is -0.140. The number of para-hydroxylation sites is 1. The van der Waals surface area contributed by atoms with E-state index < -0.39 is 0 Å². The number of carbonyl (C=O) groups is 1. The van der Waals surface area contributed by atoms with Crippen LogP contribution in [0.25, 0.3) is 10.9 Å². The Morgan fingerprint density at radius 3 is 2.63 bits per heavy atom. The molecule has 0 aliphatic rings. The molecule has 0 unspecified atom stereocenters. The largest absolute Gasteiger partial charge is 0.361 e. The highest BCUT2D eigenvalue weighted by Gasteiger charge is 2.22. The Morgan fingerprint density at radius 2 is 2.00 bits per heavy atom. The third-order valence-electron chi connectivity index (χ3n) is 3.20. The number of Topliss-reactive ketones (excluding diaryl/α,β-unsaturated/α-hetero) is 1. The van der Waals surface area contributed by atoms with Crippen LogP contribution in [0.3, 0.4) is 0 Å². The number of H-pyrrole nitrogens is 1. The second-order valence-electron chi connectivity index (χ2n) is 6.12. The fourth-order valence-corrected chi connectivity index (χ4v) is 2.34. The van der Waals surface area contributed by atoms with Crippen molar-refractivity contribution in [2.45, 2.75) is 45.7 Å². The van der Waals surface area contributed by atoms with Crippen LogP contribution in [0.5, 0.6) is 0 Å². The van der Waals surface area contributed by atoms with Gasteiger partial charge in [-0.15, -0.1) is 0 Å². The number of rotatable bonds is 4. The van der Waals surface area contributed by atoms with Crippen LogP contribution >= 0.6 is 0 Å². The number of aromatic nitrogens is 1. The van der Waals surface area contributed by atoms with Crippen LogP contribution in [0.1, 0.15) is 33.3 Å². The summed E-state index contributed by atoms with van der Waals surface area (Å²) in [5, 5.41) is 4.59. The molecule has 0 amide bonds. The van der Waals surface area contributed by atoms with Crippen molar-refractivity contribution in [3.63, 3.8) is 0 Å². The number of aromatic amines is 1. The number of ketones is 1. The predicted octanol–water partition coefficient (Wildman–Crippen LogP) is 3.06. The Bertz CT molecular complexity index is 578. The van der Waals surface area contributed by atoms with Gasteiger partial charge in [-0.3, -0.25) is 4.79 Å². The fraction of sp³-hybridized carbons (Fsp3) is 0.438. The van der Waals surface area contributed by atoms with Gasteiger partial charge in [0.2, 0.25) is 0 Å². The maximum atomic E-state index is 11.8. The van der Waals surface area contributed by atoms with Crippen LogP contribution < -0.4 is 5.32 Å². The SMILES string of the molecule is CC(=O)[C@H](Cc1c[nH]c2ccccc12)NC(C)(C)C. The van der Waals surface area contributed by atoms with Crippen molar-refractivity contribution in [2.75, 3.05) is 0 Å². The minimum absolute atomic E-state index is 0.0670. The average molecular weight is 258 g/mol. The van der Waals surface area contributed by atoms with E-state index in [1.165, 1.54) is 10.9 Å². The van der Waals surface area contributed by atoms with Gasteiger partial charge >= 0.3 is 0 Å². The molecule has 0 aliphatic heterocycles. The van der Waals surface area contributed by atoms with E-state index >= 15 is 0 Å². The summed E-state index contributed by atoms with van der Waals surface area (Å²) in [5.74, 6) is 0.181. The Hall–Kier alpha value is -1.61. The van der Waals surface area contributed by atoms with Gasteiger partial charge in [0.15, 0.2) is 0 Å². The van der Waals surface area contributed by atoms with Crippen LogP contribution in [0.15, 0.2) is 30.5 Å². The number of hydrogen-bond acceptors (Lipinski definition) is 2. The van der Waals surface area contributed by atoms with E-state index in [-0.39, 0.29) is 17.4 Å². The van der Waals surface area contributed by atoms with E-state index in [0.717, 1.165) is 11.9 Å². The Morgan fingerprint density at radius 1 is 1.32 bits per heavy atom. The van der Waals surface area contributed by atoms with Crippen molar-refractivity contribution in [1.29, 1.82) is 0 Å².